The molecule has 0 aliphatic heterocycles. The van der Waals surface area contributed by atoms with Gasteiger partial charge in [-0.1, -0.05) is 57.2 Å². The molecule has 0 N–H and O–H groups in total. The van der Waals surface area contributed by atoms with Crippen LogP contribution in [0.4, 0.5) is 4.39 Å². The van der Waals surface area contributed by atoms with Gasteiger partial charge in [0.2, 0.25) is 0 Å². The first-order valence-corrected chi connectivity index (χ1v) is 15.3. The van der Waals surface area contributed by atoms with Crippen LogP contribution in [0.15, 0.2) is 134 Å². The highest BCUT2D eigenvalue weighted by atomic mass is 19.1. The second-order valence-electron chi connectivity index (χ2n) is 12.6. The van der Waals surface area contributed by atoms with Crippen LogP contribution < -0.4 is 4.74 Å². The number of pyridine rings is 1. The van der Waals surface area contributed by atoms with Crippen LogP contribution in [0.3, 0.4) is 0 Å². The maximum atomic E-state index is 14.1. The van der Waals surface area contributed by atoms with Gasteiger partial charge in [0.25, 0.3) is 0 Å². The molecule has 0 unspecified atom stereocenters. The fourth-order valence-electron chi connectivity index (χ4n) is 6.16. The van der Waals surface area contributed by atoms with Crippen LogP contribution in [0.5, 0.6) is 11.5 Å². The van der Waals surface area contributed by atoms with Gasteiger partial charge in [0.1, 0.15) is 29.5 Å². The van der Waals surface area contributed by atoms with Crippen LogP contribution in [0, 0.1) is 5.82 Å². The number of imidazole rings is 1. The third-order valence-electron chi connectivity index (χ3n) is 8.52. The van der Waals surface area contributed by atoms with Crippen molar-refractivity contribution in [2.24, 2.45) is 0 Å². The van der Waals surface area contributed by atoms with E-state index in [-0.39, 0.29) is 11.2 Å². The van der Waals surface area contributed by atoms with Gasteiger partial charge in [-0.15, -0.1) is 0 Å². The van der Waals surface area contributed by atoms with Gasteiger partial charge < -0.3 is 4.74 Å². The highest BCUT2D eigenvalue weighted by Gasteiger charge is 2.19. The van der Waals surface area contributed by atoms with Crippen molar-refractivity contribution >= 4 is 32.8 Å². The zero-order valence-corrected chi connectivity index (χ0v) is 25.8. The maximum Gasteiger partial charge on any atom is 0.137 e. The van der Waals surface area contributed by atoms with Crippen molar-refractivity contribution < 1.29 is 9.13 Å². The number of para-hydroxylation sites is 2. The molecule has 224 valence electrons. The summed E-state index contributed by atoms with van der Waals surface area (Å²) in [5, 5.41) is 2.11. The van der Waals surface area contributed by atoms with Crippen LogP contribution in [0.2, 0.25) is 0 Å². The molecule has 0 fully saturated rings. The molecule has 0 atom stereocenters. The van der Waals surface area contributed by atoms with E-state index >= 15 is 0 Å². The van der Waals surface area contributed by atoms with Gasteiger partial charge in [0.05, 0.1) is 27.8 Å². The predicted octanol–water partition coefficient (Wildman–Crippen LogP) is 10.4. The SMILES string of the molecule is CC(C)(C)c1ccnc(-n2c3ccc(-c4cccc(F)c4)cc3c3ccc(Oc4cccc(-n5cnc6ccccc65)c4)cc32)c1. The first-order chi connectivity index (χ1) is 22.3. The van der Waals surface area contributed by atoms with Crippen molar-refractivity contribution in [3.63, 3.8) is 0 Å². The van der Waals surface area contributed by atoms with Crippen LogP contribution in [0.1, 0.15) is 26.3 Å². The minimum atomic E-state index is -0.254. The maximum absolute atomic E-state index is 14.1. The third kappa shape index (κ3) is 4.88. The number of rotatable bonds is 5. The number of nitrogens with zero attached hydrogens (tertiary/aromatic N) is 4. The van der Waals surface area contributed by atoms with Gasteiger partial charge in [0.15, 0.2) is 0 Å². The van der Waals surface area contributed by atoms with Crippen molar-refractivity contribution in [2.45, 2.75) is 26.2 Å². The number of fused-ring (bicyclic) bond motifs is 4. The van der Waals surface area contributed by atoms with Crippen LogP contribution in [0.25, 0.3) is 55.5 Å². The summed E-state index contributed by atoms with van der Waals surface area (Å²) in [6.07, 6.45) is 3.71. The number of aromatic nitrogens is 4. The number of halogens is 1. The van der Waals surface area contributed by atoms with E-state index in [1.54, 1.807) is 12.1 Å². The lowest BCUT2D eigenvalue weighted by atomic mass is 9.88. The summed E-state index contributed by atoms with van der Waals surface area (Å²) in [5.41, 5.74) is 7.87. The van der Waals surface area contributed by atoms with Crippen molar-refractivity contribution in [3.05, 3.63) is 145 Å². The van der Waals surface area contributed by atoms with Crippen LogP contribution >= 0.6 is 0 Å². The second kappa shape index (κ2) is 10.7. The van der Waals surface area contributed by atoms with Gasteiger partial charge in [-0.2, -0.15) is 0 Å². The van der Waals surface area contributed by atoms with Gasteiger partial charge in [-0.3, -0.25) is 9.13 Å². The molecule has 0 saturated heterocycles. The molecule has 0 amide bonds. The number of hydrogen-bond acceptors (Lipinski definition) is 3. The third-order valence-corrected chi connectivity index (χ3v) is 8.52. The molecule has 0 aliphatic rings. The summed E-state index contributed by atoms with van der Waals surface area (Å²) in [7, 11) is 0. The van der Waals surface area contributed by atoms with Crippen LogP contribution in [-0.4, -0.2) is 19.1 Å². The van der Waals surface area contributed by atoms with E-state index in [0.29, 0.717) is 5.75 Å². The number of hydrogen-bond donors (Lipinski definition) is 0. The molecule has 8 aromatic rings. The number of ether oxygens (including phenoxy) is 1. The van der Waals surface area contributed by atoms with Gasteiger partial charge >= 0.3 is 0 Å². The van der Waals surface area contributed by atoms with E-state index in [0.717, 1.165) is 61.2 Å². The predicted molar refractivity (Wildman–Crippen MR) is 184 cm³/mol. The Kier molecular flexibility index (Phi) is 6.46. The fraction of sp³-hybridized carbons (Fsp3) is 0.100. The molecule has 0 saturated carbocycles. The molecule has 46 heavy (non-hydrogen) atoms. The molecule has 0 spiro atoms. The Morgan fingerprint density at radius 3 is 2.33 bits per heavy atom. The Hall–Kier alpha value is -5.75. The molecule has 0 radical (unpaired) electrons. The molecule has 5 aromatic carbocycles. The largest absolute Gasteiger partial charge is 0.457 e. The molecule has 5 nitrogen and oxygen atoms in total. The zero-order chi connectivity index (χ0) is 31.4. The molecular weight excluding hydrogens is 571 g/mol. The first kappa shape index (κ1) is 27.8. The second-order valence-corrected chi connectivity index (χ2v) is 12.6. The van der Waals surface area contributed by atoms with E-state index in [1.807, 2.05) is 73.2 Å². The smallest absolute Gasteiger partial charge is 0.137 e. The molecule has 0 aliphatic carbocycles. The summed E-state index contributed by atoms with van der Waals surface area (Å²) in [4.78, 5) is 9.38. The van der Waals surface area contributed by atoms with E-state index in [4.69, 9.17) is 9.72 Å². The van der Waals surface area contributed by atoms with Crippen molar-refractivity contribution in [1.82, 2.24) is 19.1 Å². The van der Waals surface area contributed by atoms with E-state index < -0.39 is 0 Å². The Morgan fingerprint density at radius 2 is 1.46 bits per heavy atom. The Balaban J connectivity index is 1.27. The summed E-state index contributed by atoms with van der Waals surface area (Å²) in [5.74, 6) is 2.01. The topological polar surface area (TPSA) is 44.9 Å². The lowest BCUT2D eigenvalue weighted by Crippen LogP contribution is -2.12. The minimum Gasteiger partial charge on any atom is -0.457 e. The summed E-state index contributed by atoms with van der Waals surface area (Å²) < 4.78 is 24.9. The normalized spacial score (nSPS) is 11.9. The van der Waals surface area contributed by atoms with Crippen molar-refractivity contribution in [3.8, 4) is 34.1 Å². The fourth-order valence-corrected chi connectivity index (χ4v) is 6.16. The molecule has 8 rings (SSSR count). The molecule has 0 bridgehead atoms. The molecule has 3 aromatic heterocycles. The highest BCUT2D eigenvalue weighted by molar-refractivity contribution is 6.10. The molecular formula is C40H31FN4O. The summed E-state index contributed by atoms with van der Waals surface area (Å²) >= 11 is 0. The molecule has 6 heteroatoms. The Labute approximate surface area is 266 Å². The standard InChI is InChI=1S/C40H31FN4O/c1-40(2,3)28-18-19-42-39(22-28)45-36-17-14-27(26-8-6-9-29(41)20-26)21-34(36)33-16-15-32(24-38(33)45)46-31-11-7-10-30(23-31)44-25-43-35-12-4-5-13-37(35)44/h4-25H,1-3H3. The van der Waals surface area contributed by atoms with Crippen molar-refractivity contribution in [1.29, 1.82) is 0 Å². The summed E-state index contributed by atoms with van der Waals surface area (Å²) in [6, 6.07) is 39.5. The Bertz CT molecular complexity index is 2410. The molecule has 3 heterocycles. The zero-order valence-electron chi connectivity index (χ0n) is 25.8. The van der Waals surface area contributed by atoms with E-state index in [9.17, 15) is 4.39 Å². The lowest BCUT2D eigenvalue weighted by molar-refractivity contribution is 0.483. The van der Waals surface area contributed by atoms with Crippen molar-refractivity contribution in [2.75, 3.05) is 0 Å². The number of benzene rings is 5. The first-order valence-electron chi connectivity index (χ1n) is 15.3. The highest BCUT2D eigenvalue weighted by Crippen LogP contribution is 2.38. The average Bonchev–Trinajstić information content (AvgIpc) is 3.63. The van der Waals surface area contributed by atoms with Gasteiger partial charge in [0, 0.05) is 29.1 Å². The van der Waals surface area contributed by atoms with Gasteiger partial charge in [-0.05, 0) is 94.9 Å². The Morgan fingerprint density at radius 1 is 0.630 bits per heavy atom. The monoisotopic (exact) mass is 602 g/mol. The summed E-state index contributed by atoms with van der Waals surface area (Å²) in [6.45, 7) is 6.61. The quantitative estimate of drug-likeness (QED) is 0.197. The van der Waals surface area contributed by atoms with Gasteiger partial charge in [-0.25, -0.2) is 14.4 Å². The average molecular weight is 603 g/mol. The van der Waals surface area contributed by atoms with Crippen LogP contribution in [-0.2, 0) is 5.41 Å². The lowest BCUT2D eigenvalue weighted by Gasteiger charge is -2.20. The minimum absolute atomic E-state index is 0.0408. The van der Waals surface area contributed by atoms with E-state index in [2.05, 4.69) is 77.4 Å². The van der Waals surface area contributed by atoms with E-state index in [1.165, 1.54) is 11.6 Å².